The average molecular weight is 771 g/mol. The van der Waals surface area contributed by atoms with Crippen LogP contribution in [-0.4, -0.2) is 127 Å². The van der Waals surface area contributed by atoms with Gasteiger partial charge in [-0.15, -0.1) is 0 Å². The average Bonchev–Trinajstić information content (AvgIpc) is 2.98. The number of likely N-dealkylation sites (N-methyl/N-ethyl adjacent to an activating group) is 3. The Bertz CT molecular complexity index is 1500. The molecule has 53 heavy (non-hydrogen) atoms. The van der Waals surface area contributed by atoms with Crippen molar-refractivity contribution >= 4 is 24.9 Å². The van der Waals surface area contributed by atoms with Crippen LogP contribution in [0.2, 0.25) is 0 Å². The van der Waals surface area contributed by atoms with Crippen LogP contribution in [0.3, 0.4) is 0 Å². The molecule has 0 aliphatic rings. The van der Waals surface area contributed by atoms with Crippen molar-refractivity contribution in [2.75, 3.05) is 83.1 Å². The highest BCUT2D eigenvalue weighted by Crippen LogP contribution is 2.23. The molecule has 0 heterocycles. The minimum Gasteiger partial charge on any atom is -0.822 e. The van der Waals surface area contributed by atoms with Gasteiger partial charge in [0.2, 0.25) is 0 Å². The van der Waals surface area contributed by atoms with Gasteiger partial charge in [-0.3, -0.25) is 30.3 Å². The van der Waals surface area contributed by atoms with E-state index in [4.69, 9.17) is 19.2 Å². The van der Waals surface area contributed by atoms with Crippen molar-refractivity contribution in [2.24, 2.45) is 0 Å². The molecule has 0 saturated carbocycles. The molecular weight excluding hydrogens is 719 g/mol. The van der Waals surface area contributed by atoms with Crippen LogP contribution in [0.5, 0.6) is 0 Å². The maximum absolute atomic E-state index is 10.6. The zero-order valence-electron chi connectivity index (χ0n) is 31.3. The second kappa shape index (κ2) is 20.8. The summed E-state index contributed by atoms with van der Waals surface area (Å²) in [6, 6.07) is 18.4. The van der Waals surface area contributed by atoms with E-state index in [2.05, 4.69) is 0 Å². The van der Waals surface area contributed by atoms with Gasteiger partial charge in [-0.1, -0.05) is 36.4 Å². The van der Waals surface area contributed by atoms with E-state index >= 15 is 0 Å². The summed E-state index contributed by atoms with van der Waals surface area (Å²) in [5.74, 6) is 0. The molecule has 3 aromatic rings. The lowest BCUT2D eigenvalue weighted by Gasteiger charge is -2.36. The predicted molar refractivity (Wildman–Crippen MR) is 190 cm³/mol. The Morgan fingerprint density at radius 1 is 0.509 bits per heavy atom. The van der Waals surface area contributed by atoms with Crippen molar-refractivity contribution < 1.29 is 62.8 Å². The van der Waals surface area contributed by atoms with Gasteiger partial charge in [0, 0.05) is 36.4 Å². The van der Waals surface area contributed by atoms with Gasteiger partial charge < -0.3 is 48.0 Å². The fourth-order valence-electron chi connectivity index (χ4n) is 4.41. The number of nitro groups is 3. The lowest BCUT2D eigenvalue weighted by molar-refractivity contribution is -0.874. The molecule has 0 bridgehead atoms. The van der Waals surface area contributed by atoms with Crippen molar-refractivity contribution in [3.63, 3.8) is 0 Å². The summed E-state index contributed by atoms with van der Waals surface area (Å²) in [4.78, 5) is 56.0. The molecule has 0 radical (unpaired) electrons. The van der Waals surface area contributed by atoms with Gasteiger partial charge in [0.1, 0.15) is 37.9 Å². The number of nitro benzene ring substituents is 3. The molecule has 0 fully saturated rings. The number of aliphatic hydroxyl groups is 3. The molecule has 0 spiro atoms. The maximum atomic E-state index is 10.6. The molecule has 3 unspecified atom stereocenters. The minimum absolute atomic E-state index is 0.0120. The standard InChI is InChI=1S/3C11H17N2O3.H3O4P/c3*1-13(2,3)8-11(14)9-5-4-6-10(7-9)12(15)16;1-5(2,3)4/h3*4-7,11,14H,8H2,1-3H3;(H3,1,2,3,4)/q3*+1;/p-3. The molecule has 0 aliphatic heterocycles. The molecule has 0 aliphatic carbocycles. The summed E-state index contributed by atoms with van der Waals surface area (Å²) in [5, 5.41) is 61.5. The topological polar surface area (TPSA) is 276 Å². The van der Waals surface area contributed by atoms with E-state index in [1.165, 1.54) is 36.4 Å². The number of hydrogen-bond donors (Lipinski definition) is 3. The molecule has 0 saturated heterocycles. The Hall–Kier alpha value is -4.27. The van der Waals surface area contributed by atoms with Crippen molar-refractivity contribution in [2.45, 2.75) is 18.3 Å². The third kappa shape index (κ3) is 23.8. The Balaban J connectivity index is 0.000000718. The molecule has 0 aromatic heterocycles. The van der Waals surface area contributed by atoms with Crippen LogP contribution in [0.1, 0.15) is 35.0 Å². The fourth-order valence-corrected chi connectivity index (χ4v) is 4.41. The van der Waals surface area contributed by atoms with Gasteiger partial charge in [-0.25, -0.2) is 0 Å². The molecule has 3 N–H and O–H groups in total. The van der Waals surface area contributed by atoms with E-state index in [9.17, 15) is 45.7 Å². The summed E-state index contributed by atoms with van der Waals surface area (Å²) < 4.78 is 10.4. The third-order valence-corrected chi connectivity index (χ3v) is 6.56. The number of benzene rings is 3. The second-order valence-electron chi connectivity index (χ2n) is 15.0. The molecular formula is C33H51N6O13P. The first kappa shape index (κ1) is 48.7. The number of hydrogen-bond acceptors (Lipinski definition) is 13. The van der Waals surface area contributed by atoms with E-state index in [1.54, 1.807) is 36.4 Å². The molecule has 3 aromatic carbocycles. The monoisotopic (exact) mass is 770 g/mol. The normalized spacial score (nSPS) is 13.3. The van der Waals surface area contributed by atoms with E-state index < -0.39 is 40.9 Å². The van der Waals surface area contributed by atoms with Gasteiger partial charge in [0.15, 0.2) is 0 Å². The third-order valence-electron chi connectivity index (χ3n) is 6.56. The number of non-ortho nitro benzene ring substituents is 3. The lowest BCUT2D eigenvalue weighted by Crippen LogP contribution is -2.38. The number of phosphoric acid groups is 1. The van der Waals surface area contributed by atoms with E-state index in [1.807, 2.05) is 63.4 Å². The van der Waals surface area contributed by atoms with E-state index in [0.717, 1.165) is 0 Å². The van der Waals surface area contributed by atoms with Crippen LogP contribution in [0.15, 0.2) is 72.8 Å². The summed E-state index contributed by atoms with van der Waals surface area (Å²) in [7, 11) is 12.2. The van der Waals surface area contributed by atoms with Crippen LogP contribution in [0.4, 0.5) is 17.1 Å². The second-order valence-corrected chi connectivity index (χ2v) is 15.9. The van der Waals surface area contributed by atoms with Crippen molar-refractivity contribution in [3.8, 4) is 0 Å². The van der Waals surface area contributed by atoms with Crippen LogP contribution in [0.25, 0.3) is 0 Å². The first-order chi connectivity index (χ1) is 23.9. The van der Waals surface area contributed by atoms with Crippen molar-refractivity contribution in [1.29, 1.82) is 0 Å². The Morgan fingerprint density at radius 3 is 0.849 bits per heavy atom. The Kier molecular flexibility index (Phi) is 19.2. The minimum atomic E-state index is -5.39. The van der Waals surface area contributed by atoms with Crippen molar-refractivity contribution in [3.05, 3.63) is 120 Å². The first-order valence-corrected chi connectivity index (χ1v) is 17.3. The fraction of sp³-hybridized carbons (Fsp3) is 0.455. The van der Waals surface area contributed by atoms with E-state index in [0.29, 0.717) is 49.8 Å². The quantitative estimate of drug-likeness (QED) is 0.101. The van der Waals surface area contributed by atoms with Gasteiger partial charge in [0.05, 0.1) is 78.2 Å². The molecule has 20 heteroatoms. The molecule has 3 atom stereocenters. The number of aliphatic hydroxyl groups excluding tert-OH is 3. The highest BCUT2D eigenvalue weighted by molar-refractivity contribution is 7.40. The van der Waals surface area contributed by atoms with Gasteiger partial charge >= 0.3 is 0 Å². The van der Waals surface area contributed by atoms with Crippen LogP contribution in [0, 0.1) is 30.3 Å². The lowest BCUT2D eigenvalue weighted by atomic mass is 10.1. The van der Waals surface area contributed by atoms with Crippen LogP contribution >= 0.6 is 7.82 Å². The Morgan fingerprint density at radius 2 is 0.698 bits per heavy atom. The van der Waals surface area contributed by atoms with Crippen molar-refractivity contribution in [1.82, 2.24) is 0 Å². The number of nitrogens with zero attached hydrogens (tertiary/aromatic N) is 6. The molecule has 0 amide bonds. The van der Waals surface area contributed by atoms with Crippen LogP contribution < -0.4 is 14.7 Å². The summed E-state index contributed by atoms with van der Waals surface area (Å²) >= 11 is 0. The smallest absolute Gasteiger partial charge is 0.269 e. The molecule has 19 nitrogen and oxygen atoms in total. The highest BCUT2D eigenvalue weighted by Gasteiger charge is 2.21. The zero-order chi connectivity index (χ0) is 41.5. The number of quaternary nitrogens is 3. The van der Waals surface area contributed by atoms with E-state index in [-0.39, 0.29) is 17.1 Å². The van der Waals surface area contributed by atoms with Gasteiger partial charge in [-0.05, 0) is 16.7 Å². The first-order valence-electron chi connectivity index (χ1n) is 15.8. The highest BCUT2D eigenvalue weighted by atomic mass is 31.2. The number of rotatable bonds is 12. The maximum Gasteiger partial charge on any atom is 0.269 e. The van der Waals surface area contributed by atoms with Crippen LogP contribution in [-0.2, 0) is 4.57 Å². The molecule has 3 rings (SSSR count). The Labute approximate surface area is 308 Å². The largest absolute Gasteiger partial charge is 0.822 e. The summed E-state index contributed by atoms with van der Waals surface area (Å²) in [6.07, 6.45) is -2.04. The van der Waals surface area contributed by atoms with Gasteiger partial charge in [-0.2, -0.15) is 7.82 Å². The summed E-state index contributed by atoms with van der Waals surface area (Å²) in [6.45, 7) is 1.55. The zero-order valence-corrected chi connectivity index (χ0v) is 32.2. The summed E-state index contributed by atoms with van der Waals surface area (Å²) in [5.41, 5.74) is 1.79. The van der Waals surface area contributed by atoms with Gasteiger partial charge in [0.25, 0.3) is 17.1 Å². The molecule has 296 valence electrons. The predicted octanol–water partition coefficient (Wildman–Crippen LogP) is 1.18. The SMILES string of the molecule is C[N+](C)(C)CC(O)c1cccc([N+](=O)[O-])c1.C[N+](C)(C)CC(O)c1cccc([N+](=O)[O-])c1.C[N+](C)(C)CC(O)c1cccc([N+](=O)[O-])c1.O=P([O-])([O-])[O-].